The highest BCUT2D eigenvalue weighted by Crippen LogP contribution is 2.18. The SMILES string of the molecule is Cc1ncsc1CCOCCCCCNC1CC1. The van der Waals surface area contributed by atoms with E-state index < -0.39 is 0 Å². The van der Waals surface area contributed by atoms with Crippen LogP contribution in [0.2, 0.25) is 0 Å². The molecule has 1 fully saturated rings. The van der Waals surface area contributed by atoms with Gasteiger partial charge in [-0.2, -0.15) is 0 Å². The van der Waals surface area contributed by atoms with Crippen molar-refractivity contribution in [2.24, 2.45) is 0 Å². The van der Waals surface area contributed by atoms with Gasteiger partial charge in [0.1, 0.15) is 0 Å². The Balaban J connectivity index is 1.36. The molecule has 1 N–H and O–H groups in total. The van der Waals surface area contributed by atoms with Crippen molar-refractivity contribution in [3.8, 4) is 0 Å². The average Bonchev–Trinajstić information content (AvgIpc) is 3.10. The predicted molar refractivity (Wildman–Crippen MR) is 76.2 cm³/mol. The molecule has 1 aliphatic carbocycles. The number of unbranched alkanes of at least 4 members (excludes halogenated alkanes) is 2. The van der Waals surface area contributed by atoms with Crippen LogP contribution < -0.4 is 5.32 Å². The molecule has 1 aromatic rings. The van der Waals surface area contributed by atoms with Gasteiger partial charge in [0, 0.05) is 23.9 Å². The van der Waals surface area contributed by atoms with Crippen LogP contribution in [0.15, 0.2) is 5.51 Å². The number of rotatable bonds is 10. The van der Waals surface area contributed by atoms with Crippen molar-refractivity contribution in [3.05, 3.63) is 16.1 Å². The lowest BCUT2D eigenvalue weighted by Gasteiger charge is -2.04. The van der Waals surface area contributed by atoms with Crippen LogP contribution in [0.25, 0.3) is 0 Å². The molecule has 4 heteroatoms. The van der Waals surface area contributed by atoms with Gasteiger partial charge in [0.15, 0.2) is 0 Å². The Morgan fingerprint density at radius 1 is 1.33 bits per heavy atom. The number of ether oxygens (including phenoxy) is 1. The molecule has 1 heterocycles. The van der Waals surface area contributed by atoms with Crippen LogP contribution >= 0.6 is 11.3 Å². The minimum atomic E-state index is 0.837. The Kier molecular flexibility index (Phi) is 6.11. The van der Waals surface area contributed by atoms with E-state index in [-0.39, 0.29) is 0 Å². The number of nitrogens with zero attached hydrogens (tertiary/aromatic N) is 1. The maximum atomic E-state index is 5.66. The molecule has 1 aromatic heterocycles. The smallest absolute Gasteiger partial charge is 0.0797 e. The van der Waals surface area contributed by atoms with Crippen LogP contribution in [0, 0.1) is 6.92 Å². The molecule has 1 saturated carbocycles. The van der Waals surface area contributed by atoms with Gasteiger partial charge in [-0.15, -0.1) is 11.3 Å². The first-order chi connectivity index (χ1) is 8.86. The standard InChI is InChI=1S/C14H24N2OS/c1-12-14(18-11-16-12)7-10-17-9-4-2-3-8-15-13-5-6-13/h11,13,15H,2-10H2,1H3. The molecule has 0 atom stereocenters. The predicted octanol–water partition coefficient (Wildman–Crippen LogP) is 2.93. The zero-order valence-electron chi connectivity index (χ0n) is 11.3. The first-order valence-corrected chi connectivity index (χ1v) is 7.94. The van der Waals surface area contributed by atoms with Crippen LogP contribution in [0.3, 0.4) is 0 Å². The molecule has 0 saturated heterocycles. The summed E-state index contributed by atoms with van der Waals surface area (Å²) in [5.41, 5.74) is 3.08. The summed E-state index contributed by atoms with van der Waals surface area (Å²) in [6, 6.07) is 0.851. The first-order valence-electron chi connectivity index (χ1n) is 7.06. The van der Waals surface area contributed by atoms with Crippen molar-refractivity contribution < 1.29 is 4.74 Å². The molecule has 102 valence electrons. The summed E-state index contributed by atoms with van der Waals surface area (Å²) in [6.45, 7) is 4.99. The molecular weight excluding hydrogens is 244 g/mol. The lowest BCUT2D eigenvalue weighted by Crippen LogP contribution is -2.17. The second-order valence-electron chi connectivity index (χ2n) is 5.01. The summed E-state index contributed by atoms with van der Waals surface area (Å²) in [7, 11) is 0. The summed E-state index contributed by atoms with van der Waals surface area (Å²) in [4.78, 5) is 5.61. The zero-order valence-corrected chi connectivity index (χ0v) is 12.1. The van der Waals surface area contributed by atoms with Crippen LogP contribution in [-0.4, -0.2) is 30.8 Å². The summed E-state index contributed by atoms with van der Waals surface area (Å²) < 4.78 is 5.66. The van der Waals surface area contributed by atoms with Gasteiger partial charge in [0.05, 0.1) is 17.8 Å². The van der Waals surface area contributed by atoms with E-state index in [1.165, 1.54) is 43.5 Å². The molecule has 0 aromatic carbocycles. The fourth-order valence-electron chi connectivity index (χ4n) is 1.93. The van der Waals surface area contributed by atoms with E-state index in [0.717, 1.165) is 31.4 Å². The third-order valence-electron chi connectivity index (χ3n) is 3.29. The molecule has 2 rings (SSSR count). The molecule has 0 radical (unpaired) electrons. The second-order valence-corrected chi connectivity index (χ2v) is 5.95. The van der Waals surface area contributed by atoms with Gasteiger partial charge in [-0.05, 0) is 45.6 Å². The van der Waals surface area contributed by atoms with Gasteiger partial charge < -0.3 is 10.1 Å². The number of aromatic nitrogens is 1. The fourth-order valence-corrected chi connectivity index (χ4v) is 2.70. The van der Waals surface area contributed by atoms with E-state index in [2.05, 4.69) is 17.2 Å². The highest BCUT2D eigenvalue weighted by Gasteiger charge is 2.19. The Morgan fingerprint density at radius 2 is 2.22 bits per heavy atom. The van der Waals surface area contributed by atoms with Gasteiger partial charge in [0.2, 0.25) is 0 Å². The second kappa shape index (κ2) is 7.87. The van der Waals surface area contributed by atoms with Crippen molar-refractivity contribution in [2.75, 3.05) is 19.8 Å². The van der Waals surface area contributed by atoms with Crippen molar-refractivity contribution >= 4 is 11.3 Å². The maximum Gasteiger partial charge on any atom is 0.0797 e. The zero-order chi connectivity index (χ0) is 12.6. The van der Waals surface area contributed by atoms with E-state index >= 15 is 0 Å². The summed E-state index contributed by atoms with van der Waals surface area (Å²) in [5, 5.41) is 3.54. The maximum absolute atomic E-state index is 5.66. The largest absolute Gasteiger partial charge is 0.381 e. The Bertz CT molecular complexity index is 336. The van der Waals surface area contributed by atoms with Gasteiger partial charge in [-0.25, -0.2) is 4.98 Å². The topological polar surface area (TPSA) is 34.1 Å². The van der Waals surface area contributed by atoms with E-state index in [0.29, 0.717) is 0 Å². The van der Waals surface area contributed by atoms with E-state index in [9.17, 15) is 0 Å². The molecule has 0 aliphatic heterocycles. The van der Waals surface area contributed by atoms with Crippen molar-refractivity contribution in [2.45, 2.75) is 51.5 Å². The lowest BCUT2D eigenvalue weighted by molar-refractivity contribution is 0.133. The Labute approximate surface area is 114 Å². The van der Waals surface area contributed by atoms with E-state index in [1.807, 2.05) is 5.51 Å². The van der Waals surface area contributed by atoms with Gasteiger partial charge in [-0.1, -0.05) is 0 Å². The molecular formula is C14H24N2OS. The molecule has 0 amide bonds. The molecule has 0 bridgehead atoms. The summed E-state index contributed by atoms with van der Waals surface area (Å²) in [5.74, 6) is 0. The molecule has 0 spiro atoms. The quantitative estimate of drug-likeness (QED) is 0.663. The Hall–Kier alpha value is -0.450. The minimum absolute atomic E-state index is 0.837. The van der Waals surface area contributed by atoms with Crippen LogP contribution in [0.1, 0.15) is 42.7 Å². The third kappa shape index (κ3) is 5.46. The number of hydrogen-bond donors (Lipinski definition) is 1. The van der Waals surface area contributed by atoms with Crippen LogP contribution in [-0.2, 0) is 11.2 Å². The Morgan fingerprint density at radius 3 is 2.94 bits per heavy atom. The number of aryl methyl sites for hydroxylation is 1. The first kappa shape index (κ1) is 14.0. The van der Waals surface area contributed by atoms with Crippen molar-refractivity contribution in [1.29, 1.82) is 0 Å². The van der Waals surface area contributed by atoms with E-state index in [4.69, 9.17) is 4.74 Å². The van der Waals surface area contributed by atoms with Crippen molar-refractivity contribution in [1.82, 2.24) is 10.3 Å². The summed E-state index contributed by atoms with van der Waals surface area (Å²) in [6.07, 6.45) is 7.54. The molecule has 0 unspecified atom stereocenters. The lowest BCUT2D eigenvalue weighted by atomic mass is 10.2. The number of hydrogen-bond acceptors (Lipinski definition) is 4. The average molecular weight is 268 g/mol. The highest BCUT2D eigenvalue weighted by atomic mass is 32.1. The third-order valence-corrected chi connectivity index (χ3v) is 4.29. The normalized spacial score (nSPS) is 15.2. The fraction of sp³-hybridized carbons (Fsp3) is 0.786. The molecule has 1 aliphatic rings. The number of thiazole rings is 1. The molecule has 3 nitrogen and oxygen atoms in total. The monoisotopic (exact) mass is 268 g/mol. The number of nitrogens with one attached hydrogen (secondary N) is 1. The van der Waals surface area contributed by atoms with Gasteiger partial charge in [-0.3, -0.25) is 0 Å². The molecule has 18 heavy (non-hydrogen) atoms. The highest BCUT2D eigenvalue weighted by molar-refractivity contribution is 7.09. The van der Waals surface area contributed by atoms with Crippen molar-refractivity contribution in [3.63, 3.8) is 0 Å². The van der Waals surface area contributed by atoms with Crippen LogP contribution in [0.4, 0.5) is 0 Å². The van der Waals surface area contributed by atoms with Crippen LogP contribution in [0.5, 0.6) is 0 Å². The summed E-state index contributed by atoms with van der Waals surface area (Å²) >= 11 is 1.73. The minimum Gasteiger partial charge on any atom is -0.381 e. The van der Waals surface area contributed by atoms with E-state index in [1.54, 1.807) is 11.3 Å². The van der Waals surface area contributed by atoms with Gasteiger partial charge in [0.25, 0.3) is 0 Å². The van der Waals surface area contributed by atoms with Gasteiger partial charge >= 0.3 is 0 Å².